The Balaban J connectivity index is 0.000000142. The Morgan fingerprint density at radius 2 is 0.906 bits per heavy atom. The van der Waals surface area contributed by atoms with E-state index in [0.717, 1.165) is 115 Å². The fourth-order valence-corrected chi connectivity index (χ4v) is 14.4. The second-order valence-electron chi connectivity index (χ2n) is 21.6. The lowest BCUT2D eigenvalue weighted by atomic mass is 9.76. The van der Waals surface area contributed by atoms with Gasteiger partial charge in [-0.25, -0.2) is 9.59 Å². The lowest BCUT2D eigenvalue weighted by Gasteiger charge is -2.36. The molecule has 1 N–H and O–H groups in total. The number of carbonyl (C=O) groups excluding carboxylic acids is 2. The lowest BCUT2D eigenvalue weighted by molar-refractivity contribution is -0.374. The van der Waals surface area contributed by atoms with Crippen molar-refractivity contribution in [1.29, 1.82) is 0 Å². The van der Waals surface area contributed by atoms with Gasteiger partial charge in [0.1, 0.15) is 0 Å². The largest absolute Gasteiger partial charge is 0.450 e. The first kappa shape index (κ1) is 62.0. The van der Waals surface area contributed by atoms with Gasteiger partial charge in [0.15, 0.2) is 0 Å². The molecule has 3 unspecified atom stereocenters. The number of nitrogens with zero attached hydrogens (tertiary/aromatic N) is 7. The summed E-state index contributed by atoms with van der Waals surface area (Å²) in [4.78, 5) is 64.9. The highest BCUT2D eigenvalue weighted by atomic mass is 79.9. The van der Waals surface area contributed by atoms with Crippen LogP contribution in [0.3, 0.4) is 0 Å². The number of aromatic nitrogens is 3. The number of pyridine rings is 3. The maximum atomic E-state index is 12.1. The summed E-state index contributed by atoms with van der Waals surface area (Å²) in [6.07, 6.45) is 17.7. The average Bonchev–Trinajstić information content (AvgIpc) is 3.01. The zero-order chi connectivity index (χ0) is 60.1. The van der Waals surface area contributed by atoms with Gasteiger partial charge >= 0.3 is 12.2 Å². The zero-order valence-corrected chi connectivity index (χ0v) is 53.5. The van der Waals surface area contributed by atoms with Crippen LogP contribution < -0.4 is 5.32 Å². The van der Waals surface area contributed by atoms with Crippen LogP contribution >= 0.6 is 82.6 Å². The van der Waals surface area contributed by atoms with Crippen LogP contribution in [0.1, 0.15) is 137 Å². The minimum atomic E-state index is -0.369. The van der Waals surface area contributed by atoms with Crippen LogP contribution in [0.5, 0.6) is 0 Å². The smallest absolute Gasteiger partial charge is 0.409 e. The number of hydrogen-bond acceptors (Lipinski definition) is 12. The van der Waals surface area contributed by atoms with Crippen molar-refractivity contribution in [1.82, 2.24) is 30.1 Å². The normalized spacial score (nSPS) is 19.1. The quantitative estimate of drug-likeness (QED) is 0.117. The Bertz CT molecular complexity index is 3590. The van der Waals surface area contributed by atoms with Gasteiger partial charge < -0.3 is 24.6 Å². The maximum Gasteiger partial charge on any atom is 0.409 e. The van der Waals surface area contributed by atoms with Crippen LogP contribution in [0.4, 0.5) is 9.59 Å². The predicted octanol–water partition coefficient (Wildman–Crippen LogP) is 16.3. The Morgan fingerprint density at radius 3 is 1.33 bits per heavy atom. The van der Waals surface area contributed by atoms with Gasteiger partial charge in [-0.2, -0.15) is 0 Å². The number of likely N-dealkylation sites (tertiary alicyclic amines) is 2. The highest BCUT2D eigenvalue weighted by Gasteiger charge is 2.40. The van der Waals surface area contributed by atoms with E-state index in [1.54, 1.807) is 54.6 Å². The van der Waals surface area contributed by atoms with Gasteiger partial charge in [0.25, 0.3) is 11.4 Å². The minimum absolute atomic E-state index is 0.00473. The lowest BCUT2D eigenvalue weighted by Crippen LogP contribution is -2.40. The van der Waals surface area contributed by atoms with Crippen molar-refractivity contribution in [2.75, 3.05) is 52.5 Å². The number of ether oxygens (including phenoxy) is 2. The summed E-state index contributed by atoms with van der Waals surface area (Å²) in [6, 6.07) is 22.8. The third kappa shape index (κ3) is 14.0. The molecule has 0 spiro atoms. The van der Waals surface area contributed by atoms with E-state index in [2.05, 4.69) is 87.4 Å². The maximum absolute atomic E-state index is 12.1. The molecule has 12 rings (SSSR count). The Kier molecular flexibility index (Phi) is 20.2. The Labute approximate surface area is 533 Å². The van der Waals surface area contributed by atoms with E-state index in [-0.39, 0.29) is 57.1 Å². The molecule has 22 heteroatoms. The van der Waals surface area contributed by atoms with E-state index < -0.39 is 0 Å². The molecule has 3 aromatic carbocycles. The molecule has 3 saturated heterocycles. The number of halogens is 6. The van der Waals surface area contributed by atoms with Gasteiger partial charge in [-0.3, -0.25) is 35.2 Å². The van der Waals surface area contributed by atoms with Crippen molar-refractivity contribution in [3.63, 3.8) is 0 Å². The summed E-state index contributed by atoms with van der Waals surface area (Å²) >= 11 is 29.1. The van der Waals surface area contributed by atoms with Crippen molar-refractivity contribution in [2.45, 2.75) is 70.1 Å². The molecule has 85 heavy (non-hydrogen) atoms. The first-order valence-electron chi connectivity index (χ1n) is 28.3. The number of amides is 2. The average molecular weight is 1400 g/mol. The molecule has 6 aliphatic rings. The molecule has 3 aromatic heterocycles. The van der Waals surface area contributed by atoms with Gasteiger partial charge in [0, 0.05) is 114 Å². The molecule has 0 saturated carbocycles. The molecule has 442 valence electrons. The minimum Gasteiger partial charge on any atom is -0.450 e. The first-order valence-corrected chi connectivity index (χ1v) is 31.8. The SMILES string of the molecule is CCOC(=O)N1CCC(C2c3ccc(Cl)cc3C([N+](=O)[O-])=Cc3cc(Br)cnc32)CC1.CCOC(=O)N1CCC(C2c3ccc(Cl)cc3C=Cc3cc(Br)cnc32)CC1.O=[N+]([O-])C1=Cc2cc(Br)cnc2C(C2CCNCC2)c2ccc(Cl)cc21. The molecule has 3 aliphatic heterocycles. The molecule has 3 fully saturated rings. The second kappa shape index (κ2) is 27.8. The highest BCUT2D eigenvalue weighted by molar-refractivity contribution is 9.11. The third-order valence-electron chi connectivity index (χ3n) is 16.6. The number of rotatable bonds is 7. The molecule has 0 bridgehead atoms. The molecular formula is C63H60Br3Cl3N8O8. The number of fused-ring (bicyclic) bond motifs is 6. The molecular weight excluding hydrogens is 1340 g/mol. The molecule has 2 amide bonds. The van der Waals surface area contributed by atoms with Crippen LogP contribution in [-0.4, -0.2) is 99.3 Å². The Morgan fingerprint density at radius 1 is 0.541 bits per heavy atom. The van der Waals surface area contributed by atoms with Crippen molar-refractivity contribution in [3.05, 3.63) is 207 Å². The standard InChI is InChI=1S/C22H21BrClN3O4.C22H22BrClN2O2.C19H17BrClN3O2/c1-2-31-22(28)26-7-5-13(6-8-26)20-17-4-3-16(24)11-18(17)19(27(29)30)10-14-9-15(23)12-25-21(14)20;1-2-28-22(27)26-9-7-14(8-10-26)20-19-6-5-18(24)12-15(19)3-4-16-11-17(23)13-25-21(16)20;20-13-7-12-8-17(24(25)26)16-9-14(21)1-2-15(16)18(19(12)23-10-13)11-3-5-22-6-4-11/h3-4,9-13,20H,2,5-8H2,1H3;3-6,11-14,20H,2,7-10H2,1H3;1-2,7-11,18,22H,3-6H2. The van der Waals surface area contributed by atoms with E-state index in [9.17, 15) is 29.8 Å². The summed E-state index contributed by atoms with van der Waals surface area (Å²) in [5, 5.41) is 28.8. The molecule has 0 radical (unpaired) electrons. The molecule has 3 aliphatic carbocycles. The van der Waals surface area contributed by atoms with Gasteiger partial charge in [-0.15, -0.1) is 0 Å². The number of hydrogen-bond donors (Lipinski definition) is 1. The van der Waals surface area contributed by atoms with Crippen molar-refractivity contribution in [3.8, 4) is 0 Å². The third-order valence-corrected chi connectivity index (χ3v) is 18.6. The molecule has 6 aromatic rings. The Hall–Kier alpha value is -6.06. The van der Waals surface area contributed by atoms with E-state index in [1.165, 1.54) is 5.56 Å². The highest BCUT2D eigenvalue weighted by Crippen LogP contribution is 2.48. The predicted molar refractivity (Wildman–Crippen MR) is 343 cm³/mol. The molecule has 3 atom stereocenters. The second-order valence-corrected chi connectivity index (χ2v) is 25.7. The van der Waals surface area contributed by atoms with Crippen LogP contribution in [0, 0.1) is 38.0 Å². The van der Waals surface area contributed by atoms with E-state index in [0.29, 0.717) is 78.0 Å². The van der Waals surface area contributed by atoms with Crippen molar-refractivity contribution >= 4 is 130 Å². The number of nitrogens with one attached hydrogen (secondary N) is 1. The van der Waals surface area contributed by atoms with Crippen molar-refractivity contribution in [2.24, 2.45) is 17.8 Å². The van der Waals surface area contributed by atoms with Crippen molar-refractivity contribution < 1.29 is 28.9 Å². The topological polar surface area (TPSA) is 196 Å². The van der Waals surface area contributed by atoms with Gasteiger partial charge in [0.2, 0.25) is 0 Å². The van der Waals surface area contributed by atoms with Crippen LogP contribution in [0.15, 0.2) is 105 Å². The number of nitro groups is 2. The summed E-state index contributed by atoms with van der Waals surface area (Å²) in [5.74, 6) is 0.989. The monoisotopic (exact) mass is 1400 g/mol. The molecule has 16 nitrogen and oxygen atoms in total. The first-order chi connectivity index (χ1) is 41.0. The summed E-state index contributed by atoms with van der Waals surface area (Å²) in [5.41, 5.74) is 10.8. The fourth-order valence-electron chi connectivity index (χ4n) is 12.8. The number of benzene rings is 3. The van der Waals surface area contributed by atoms with Gasteiger partial charge in [0.05, 0.1) is 51.3 Å². The summed E-state index contributed by atoms with van der Waals surface area (Å²) < 4.78 is 12.8. The van der Waals surface area contributed by atoms with Crippen LogP contribution in [0.2, 0.25) is 15.1 Å². The summed E-state index contributed by atoms with van der Waals surface area (Å²) in [7, 11) is 0. The van der Waals surface area contributed by atoms with Crippen LogP contribution in [-0.2, 0) is 9.47 Å². The summed E-state index contributed by atoms with van der Waals surface area (Å²) in [6.45, 7) is 8.85. The van der Waals surface area contributed by atoms with E-state index in [1.807, 2.05) is 60.5 Å². The van der Waals surface area contributed by atoms with Gasteiger partial charge in [-0.05, 0) is 213 Å². The van der Waals surface area contributed by atoms with Crippen LogP contribution in [0.25, 0.3) is 35.7 Å². The molecule has 6 heterocycles. The van der Waals surface area contributed by atoms with E-state index in [4.69, 9.17) is 49.3 Å². The van der Waals surface area contributed by atoms with E-state index >= 15 is 0 Å². The number of carbonyl (C=O) groups is 2. The zero-order valence-electron chi connectivity index (χ0n) is 46.5. The number of piperidine rings is 3. The fraction of sp³-hybridized carbons (Fsp3) is 0.349. The van der Waals surface area contributed by atoms with Gasteiger partial charge in [-0.1, -0.05) is 65.2 Å².